The number of aliphatic hydroxyl groups excluding tert-OH is 3. The molecule has 1 aliphatic rings. The van der Waals surface area contributed by atoms with E-state index in [0.717, 1.165) is 64.2 Å². The van der Waals surface area contributed by atoms with Crippen molar-refractivity contribution in [1.82, 2.24) is 0 Å². The number of carbonyl (C=O) groups is 1. The van der Waals surface area contributed by atoms with Crippen molar-refractivity contribution in [2.75, 3.05) is 26.4 Å². The van der Waals surface area contributed by atoms with Gasteiger partial charge in [-0.05, 0) is 44.9 Å². The number of hydrogen-bond acceptors (Lipinski definition) is 11. The molecule has 0 amide bonds. The van der Waals surface area contributed by atoms with E-state index in [1.807, 2.05) is 0 Å². The average molecular weight is 849 g/mol. The molecule has 0 aromatic heterocycles. The van der Waals surface area contributed by atoms with Crippen LogP contribution in [-0.4, -0.2) is 97.5 Å². The van der Waals surface area contributed by atoms with Crippen LogP contribution in [0.1, 0.15) is 194 Å². The Hall–Kier alpha value is -1.42. The van der Waals surface area contributed by atoms with E-state index in [4.69, 9.17) is 23.5 Å². The summed E-state index contributed by atoms with van der Waals surface area (Å²) in [5, 5.41) is 30.7. The zero-order valence-corrected chi connectivity index (χ0v) is 37.2. The van der Waals surface area contributed by atoms with Crippen molar-refractivity contribution < 1.29 is 56.2 Å². The fraction of sp³-hybridized carbons (Fsp3) is 0.889. The Kier molecular flexibility index (Phi) is 35.2. The Bertz CT molecular complexity index is 1120. The molecular formula is C45H84O12S. The molecule has 0 saturated carbocycles. The lowest BCUT2D eigenvalue weighted by atomic mass is 9.99. The van der Waals surface area contributed by atoms with Crippen molar-refractivity contribution in [2.24, 2.45) is 0 Å². The Morgan fingerprint density at radius 1 is 0.655 bits per heavy atom. The molecule has 6 atom stereocenters. The molecule has 1 heterocycles. The molecule has 4 N–H and O–H groups in total. The third-order valence-corrected chi connectivity index (χ3v) is 11.0. The van der Waals surface area contributed by atoms with Crippen LogP contribution < -0.4 is 0 Å². The first-order valence-corrected chi connectivity index (χ1v) is 24.5. The van der Waals surface area contributed by atoms with Gasteiger partial charge in [0.15, 0.2) is 6.29 Å². The lowest BCUT2D eigenvalue weighted by Gasteiger charge is -2.41. The van der Waals surface area contributed by atoms with E-state index in [1.165, 1.54) is 103 Å². The van der Waals surface area contributed by atoms with Crippen LogP contribution in [0.5, 0.6) is 0 Å². The molecule has 0 aliphatic carbocycles. The molecule has 58 heavy (non-hydrogen) atoms. The summed E-state index contributed by atoms with van der Waals surface area (Å²) in [6.07, 6.45) is 32.1. The van der Waals surface area contributed by atoms with Crippen LogP contribution in [0.3, 0.4) is 0 Å². The topological polar surface area (TPSA) is 178 Å². The lowest BCUT2D eigenvalue weighted by molar-refractivity contribution is -0.301. The summed E-state index contributed by atoms with van der Waals surface area (Å²) in [4.78, 5) is 12.8. The number of aliphatic hydroxyl groups is 3. The van der Waals surface area contributed by atoms with Gasteiger partial charge < -0.3 is 34.3 Å². The first-order valence-electron chi connectivity index (χ1n) is 23.1. The van der Waals surface area contributed by atoms with Crippen LogP contribution in [0.25, 0.3) is 0 Å². The van der Waals surface area contributed by atoms with Crippen LogP contribution in [0, 0.1) is 0 Å². The van der Waals surface area contributed by atoms with Crippen molar-refractivity contribution >= 4 is 16.4 Å². The number of unbranched alkanes of at least 4 members (excludes halogenated alkanes) is 23. The summed E-state index contributed by atoms with van der Waals surface area (Å²) < 4.78 is 59.0. The van der Waals surface area contributed by atoms with Crippen molar-refractivity contribution in [3.63, 3.8) is 0 Å². The second-order valence-corrected chi connectivity index (χ2v) is 17.0. The third-order valence-electron chi connectivity index (χ3n) is 10.6. The number of hydrogen-bond donors (Lipinski definition) is 4. The number of carbonyl (C=O) groups excluding carboxylic acids is 1. The average Bonchev–Trinajstić information content (AvgIpc) is 3.19. The molecule has 12 nitrogen and oxygen atoms in total. The molecule has 342 valence electrons. The van der Waals surface area contributed by atoms with Crippen LogP contribution in [-0.2, 0) is 38.3 Å². The minimum absolute atomic E-state index is 0.0342. The molecule has 1 aliphatic heterocycles. The van der Waals surface area contributed by atoms with Gasteiger partial charge in [-0.2, -0.15) is 8.42 Å². The number of rotatable bonds is 40. The fourth-order valence-corrected chi connectivity index (χ4v) is 7.56. The minimum Gasteiger partial charge on any atom is -0.457 e. The van der Waals surface area contributed by atoms with Gasteiger partial charge in [0.2, 0.25) is 0 Å². The van der Waals surface area contributed by atoms with Gasteiger partial charge in [0.25, 0.3) is 0 Å². The summed E-state index contributed by atoms with van der Waals surface area (Å²) in [5.41, 5.74) is 0. The Labute approximate surface area is 352 Å². The van der Waals surface area contributed by atoms with Crippen molar-refractivity contribution in [3.05, 3.63) is 24.3 Å². The number of ether oxygens (including phenoxy) is 4. The highest BCUT2D eigenvalue weighted by Gasteiger charge is 2.48. The van der Waals surface area contributed by atoms with E-state index in [2.05, 4.69) is 42.3 Å². The Morgan fingerprint density at radius 3 is 1.67 bits per heavy atom. The maximum Gasteiger partial charge on any atom is 0.397 e. The first-order chi connectivity index (χ1) is 28.1. The molecule has 1 rings (SSSR count). The van der Waals surface area contributed by atoms with Gasteiger partial charge in [-0.15, -0.1) is 0 Å². The van der Waals surface area contributed by atoms with E-state index in [9.17, 15) is 28.5 Å². The quantitative estimate of drug-likeness (QED) is 0.0199. The maximum atomic E-state index is 12.8. The summed E-state index contributed by atoms with van der Waals surface area (Å²) in [6, 6.07) is 0. The normalized spacial score (nSPS) is 20.7. The van der Waals surface area contributed by atoms with E-state index < -0.39 is 59.8 Å². The van der Waals surface area contributed by atoms with Gasteiger partial charge >= 0.3 is 16.4 Å². The highest BCUT2D eigenvalue weighted by atomic mass is 32.3. The molecule has 0 spiro atoms. The molecule has 1 fully saturated rings. The molecule has 6 unspecified atom stereocenters. The van der Waals surface area contributed by atoms with Gasteiger partial charge in [-0.25, -0.2) is 4.18 Å². The lowest BCUT2D eigenvalue weighted by Crippen LogP contribution is -2.60. The second-order valence-electron chi connectivity index (χ2n) is 16.0. The van der Waals surface area contributed by atoms with Crippen molar-refractivity contribution in [3.8, 4) is 0 Å². The predicted octanol–water partition coefficient (Wildman–Crippen LogP) is 9.63. The molecule has 1 saturated heterocycles. The van der Waals surface area contributed by atoms with Crippen LogP contribution >= 0.6 is 0 Å². The molecule has 0 aromatic carbocycles. The van der Waals surface area contributed by atoms with Crippen molar-refractivity contribution in [1.29, 1.82) is 0 Å². The molecular weight excluding hydrogens is 765 g/mol. The second kappa shape index (κ2) is 37.4. The Morgan fingerprint density at radius 2 is 1.14 bits per heavy atom. The third kappa shape index (κ3) is 30.6. The van der Waals surface area contributed by atoms with Crippen LogP contribution in [0.15, 0.2) is 24.3 Å². The summed E-state index contributed by atoms with van der Waals surface area (Å²) in [6.45, 7) is 3.96. The Balaban J connectivity index is 2.43. The molecule has 0 radical (unpaired) electrons. The fourth-order valence-electron chi connectivity index (χ4n) is 7.06. The zero-order chi connectivity index (χ0) is 42.5. The molecule has 0 bridgehead atoms. The van der Waals surface area contributed by atoms with E-state index in [1.54, 1.807) is 0 Å². The largest absolute Gasteiger partial charge is 0.457 e. The molecule has 13 heteroatoms. The van der Waals surface area contributed by atoms with Crippen LogP contribution in [0.2, 0.25) is 0 Å². The molecule has 0 aromatic rings. The minimum atomic E-state index is -5.06. The van der Waals surface area contributed by atoms with E-state index >= 15 is 0 Å². The highest BCUT2D eigenvalue weighted by molar-refractivity contribution is 7.80. The van der Waals surface area contributed by atoms with Gasteiger partial charge in [-0.1, -0.05) is 167 Å². The summed E-state index contributed by atoms with van der Waals surface area (Å²) >= 11 is 0. The van der Waals surface area contributed by atoms with Gasteiger partial charge in [0, 0.05) is 13.0 Å². The smallest absolute Gasteiger partial charge is 0.397 e. The zero-order valence-electron chi connectivity index (χ0n) is 36.4. The maximum absolute atomic E-state index is 12.8. The first kappa shape index (κ1) is 54.6. The predicted molar refractivity (Wildman–Crippen MR) is 230 cm³/mol. The highest BCUT2D eigenvalue weighted by Crippen LogP contribution is 2.26. The summed E-state index contributed by atoms with van der Waals surface area (Å²) in [7, 11) is -5.06. The van der Waals surface area contributed by atoms with E-state index in [-0.39, 0.29) is 19.6 Å². The van der Waals surface area contributed by atoms with E-state index in [0.29, 0.717) is 13.0 Å². The summed E-state index contributed by atoms with van der Waals surface area (Å²) in [5.74, 6) is -0.411. The standard InChI is InChI=1S/C45H84O12S/c1-3-5-7-9-11-13-15-17-19-21-23-25-27-29-31-33-35-53-37-39(38-54-45-43(49)44(57-58(50,51)52)42(48)40(36-46)56-45)55-41(47)34-32-30-28-26-24-22-20-18-16-14-12-10-8-6-4-2/h12,14,18,20,39-40,42-46,48-49H,3-11,13,15-17,19,21-38H2,1-2H3,(H,50,51,52)/b14-12-,20-18-. The SMILES string of the molecule is CCCCC/C=C\C/C=C\CCCCCCCC(=O)OC(COCCCCCCCCCCCCCCCCCC)COC1OC(CO)C(O)C(OS(=O)(=O)O)C1O. The van der Waals surface area contributed by atoms with Crippen LogP contribution in [0.4, 0.5) is 0 Å². The van der Waals surface area contributed by atoms with Gasteiger partial charge in [0.1, 0.15) is 30.5 Å². The van der Waals surface area contributed by atoms with Gasteiger partial charge in [-0.3, -0.25) is 9.35 Å². The van der Waals surface area contributed by atoms with Crippen molar-refractivity contribution in [2.45, 2.75) is 230 Å². The monoisotopic (exact) mass is 849 g/mol. The number of allylic oxidation sites excluding steroid dienone is 4. The van der Waals surface area contributed by atoms with Gasteiger partial charge in [0.05, 0.1) is 19.8 Å². The number of esters is 1.